The molecule has 0 N–H and O–H groups in total. The van der Waals surface area contributed by atoms with Crippen molar-refractivity contribution in [2.24, 2.45) is 11.8 Å². The van der Waals surface area contributed by atoms with Gasteiger partial charge in [0.2, 0.25) is 0 Å². The van der Waals surface area contributed by atoms with Crippen LogP contribution in [0, 0.1) is 23.2 Å². The number of ether oxygens (including phenoxy) is 2. The summed E-state index contributed by atoms with van der Waals surface area (Å²) in [6.45, 7) is 2.14. The van der Waals surface area contributed by atoms with E-state index in [4.69, 9.17) is 14.7 Å². The minimum Gasteiger partial charge on any atom is -0.466 e. The normalized spacial score (nSPS) is 39.4. The molecule has 2 aliphatic rings. The van der Waals surface area contributed by atoms with Gasteiger partial charge in [0, 0.05) is 0 Å². The first kappa shape index (κ1) is 9.47. The monoisotopic (exact) mass is 195 g/mol. The van der Waals surface area contributed by atoms with Crippen LogP contribution in [0.3, 0.4) is 0 Å². The number of nitrogens with zero attached hydrogens (tertiary/aromatic N) is 1. The van der Waals surface area contributed by atoms with Crippen molar-refractivity contribution in [3.05, 3.63) is 0 Å². The molecule has 0 spiro atoms. The molecule has 14 heavy (non-hydrogen) atoms. The van der Waals surface area contributed by atoms with Crippen LogP contribution in [0.1, 0.15) is 19.8 Å². The maximum atomic E-state index is 11.6. The van der Waals surface area contributed by atoms with Crippen LogP contribution in [0.4, 0.5) is 0 Å². The minimum atomic E-state index is -0.348. The van der Waals surface area contributed by atoms with Crippen LogP contribution in [0.5, 0.6) is 0 Å². The Labute approximate surface area is 82.8 Å². The second-order valence-electron chi connectivity index (χ2n) is 3.72. The van der Waals surface area contributed by atoms with Gasteiger partial charge in [0.05, 0.1) is 30.8 Å². The summed E-state index contributed by atoms with van der Waals surface area (Å²) >= 11 is 0. The fourth-order valence-corrected chi connectivity index (χ4v) is 2.38. The van der Waals surface area contributed by atoms with Crippen molar-refractivity contribution >= 4 is 5.97 Å². The van der Waals surface area contributed by atoms with Gasteiger partial charge in [-0.15, -0.1) is 0 Å². The van der Waals surface area contributed by atoms with Crippen molar-refractivity contribution in [3.8, 4) is 6.07 Å². The molecular weight excluding hydrogens is 182 g/mol. The van der Waals surface area contributed by atoms with Crippen LogP contribution < -0.4 is 0 Å². The van der Waals surface area contributed by atoms with E-state index in [0.717, 1.165) is 12.8 Å². The number of hydrogen-bond donors (Lipinski definition) is 0. The summed E-state index contributed by atoms with van der Waals surface area (Å²) in [4.78, 5) is 11.6. The third-order valence-corrected chi connectivity index (χ3v) is 2.98. The van der Waals surface area contributed by atoms with Gasteiger partial charge in [-0.1, -0.05) is 0 Å². The van der Waals surface area contributed by atoms with E-state index < -0.39 is 0 Å². The number of esters is 1. The molecule has 4 heteroatoms. The maximum absolute atomic E-state index is 11.6. The Bertz CT molecular complexity index is 284. The van der Waals surface area contributed by atoms with E-state index in [1.54, 1.807) is 6.92 Å². The minimum absolute atomic E-state index is 0.0422. The zero-order valence-corrected chi connectivity index (χ0v) is 8.10. The van der Waals surface area contributed by atoms with Crippen LogP contribution >= 0.6 is 0 Å². The highest BCUT2D eigenvalue weighted by atomic mass is 16.5. The van der Waals surface area contributed by atoms with Gasteiger partial charge >= 0.3 is 5.97 Å². The zero-order valence-electron chi connectivity index (χ0n) is 8.10. The lowest BCUT2D eigenvalue weighted by atomic mass is 9.80. The Morgan fingerprint density at radius 1 is 1.57 bits per heavy atom. The molecule has 2 heterocycles. The smallest absolute Gasteiger partial charge is 0.313 e. The first-order valence-electron chi connectivity index (χ1n) is 4.99. The van der Waals surface area contributed by atoms with Gasteiger partial charge in [-0.3, -0.25) is 4.79 Å². The Hall–Kier alpha value is -1.08. The van der Waals surface area contributed by atoms with Gasteiger partial charge in [-0.25, -0.2) is 0 Å². The van der Waals surface area contributed by atoms with Gasteiger partial charge in [0.25, 0.3) is 0 Å². The van der Waals surface area contributed by atoms with Crippen LogP contribution in [-0.2, 0) is 14.3 Å². The molecule has 0 aromatic carbocycles. The molecule has 0 aromatic rings. The molecule has 4 nitrogen and oxygen atoms in total. The average Bonchev–Trinajstić information content (AvgIpc) is 2.76. The van der Waals surface area contributed by atoms with E-state index in [9.17, 15) is 4.79 Å². The molecule has 0 aliphatic carbocycles. The zero-order chi connectivity index (χ0) is 10.1. The SMILES string of the molecule is CCOC(=O)[C@H]1[C@@H](C#N)[C@@H]2CC[C@@H]1O2. The van der Waals surface area contributed by atoms with Crippen molar-refractivity contribution in [3.63, 3.8) is 0 Å². The highest BCUT2D eigenvalue weighted by Crippen LogP contribution is 2.43. The molecule has 4 atom stereocenters. The number of fused-ring (bicyclic) bond motifs is 2. The fourth-order valence-electron chi connectivity index (χ4n) is 2.38. The predicted molar refractivity (Wildman–Crippen MR) is 47.1 cm³/mol. The summed E-state index contributed by atoms with van der Waals surface area (Å²) in [5, 5.41) is 8.94. The van der Waals surface area contributed by atoms with Gasteiger partial charge in [0.1, 0.15) is 5.92 Å². The topological polar surface area (TPSA) is 59.3 Å². The van der Waals surface area contributed by atoms with Crippen molar-refractivity contribution in [1.29, 1.82) is 5.26 Å². The van der Waals surface area contributed by atoms with E-state index in [-0.39, 0.29) is 30.0 Å². The Balaban J connectivity index is 2.11. The third-order valence-electron chi connectivity index (χ3n) is 2.98. The summed E-state index contributed by atoms with van der Waals surface area (Å²) in [6.07, 6.45) is 1.66. The van der Waals surface area contributed by atoms with Crippen molar-refractivity contribution < 1.29 is 14.3 Å². The molecule has 0 saturated carbocycles. The van der Waals surface area contributed by atoms with E-state index in [0.29, 0.717) is 6.61 Å². The molecule has 0 unspecified atom stereocenters. The van der Waals surface area contributed by atoms with E-state index in [2.05, 4.69) is 6.07 Å². The van der Waals surface area contributed by atoms with Crippen LogP contribution in [-0.4, -0.2) is 24.8 Å². The van der Waals surface area contributed by atoms with E-state index in [1.807, 2.05) is 0 Å². The van der Waals surface area contributed by atoms with Crippen LogP contribution in [0.25, 0.3) is 0 Å². The Kier molecular flexibility index (Phi) is 2.42. The van der Waals surface area contributed by atoms with Gasteiger partial charge in [0.15, 0.2) is 0 Å². The number of hydrogen-bond acceptors (Lipinski definition) is 4. The quantitative estimate of drug-likeness (QED) is 0.613. The maximum Gasteiger partial charge on any atom is 0.313 e. The predicted octanol–water partition coefficient (Wildman–Crippen LogP) is 0.867. The van der Waals surface area contributed by atoms with E-state index in [1.165, 1.54) is 0 Å². The summed E-state index contributed by atoms with van der Waals surface area (Å²) in [7, 11) is 0. The molecule has 2 fully saturated rings. The van der Waals surface area contributed by atoms with Crippen molar-refractivity contribution in [1.82, 2.24) is 0 Å². The van der Waals surface area contributed by atoms with Gasteiger partial charge < -0.3 is 9.47 Å². The average molecular weight is 195 g/mol. The molecule has 0 amide bonds. The summed E-state index contributed by atoms with van der Waals surface area (Å²) in [5.41, 5.74) is 0. The molecular formula is C10H13NO3. The molecule has 2 rings (SSSR count). The lowest BCUT2D eigenvalue weighted by molar-refractivity contribution is -0.150. The molecule has 2 saturated heterocycles. The highest BCUT2D eigenvalue weighted by Gasteiger charge is 2.53. The second-order valence-corrected chi connectivity index (χ2v) is 3.72. The molecule has 0 radical (unpaired) electrons. The third kappa shape index (κ3) is 1.28. The molecule has 0 aromatic heterocycles. The van der Waals surface area contributed by atoms with Gasteiger partial charge in [-0.2, -0.15) is 5.26 Å². The fraction of sp³-hybridized carbons (Fsp3) is 0.800. The second kappa shape index (κ2) is 3.58. The molecule has 76 valence electrons. The van der Waals surface area contributed by atoms with Crippen LogP contribution in [0.15, 0.2) is 0 Å². The summed E-state index contributed by atoms with van der Waals surface area (Å²) in [5.74, 6) is -0.919. The van der Waals surface area contributed by atoms with Crippen LogP contribution in [0.2, 0.25) is 0 Å². The lowest BCUT2D eigenvalue weighted by Gasteiger charge is -2.20. The number of carbonyl (C=O) groups excluding carboxylic acids is 1. The first-order valence-corrected chi connectivity index (χ1v) is 4.99. The highest BCUT2D eigenvalue weighted by molar-refractivity contribution is 5.74. The van der Waals surface area contributed by atoms with Crippen molar-refractivity contribution in [2.45, 2.75) is 32.0 Å². The molecule has 2 bridgehead atoms. The van der Waals surface area contributed by atoms with E-state index >= 15 is 0 Å². The number of carbonyl (C=O) groups is 1. The Morgan fingerprint density at radius 2 is 2.29 bits per heavy atom. The lowest BCUT2D eigenvalue weighted by Crippen LogP contribution is -2.34. The molecule has 2 aliphatic heterocycles. The largest absolute Gasteiger partial charge is 0.466 e. The Morgan fingerprint density at radius 3 is 2.93 bits per heavy atom. The summed E-state index contributed by atoms with van der Waals surface area (Å²) in [6, 6.07) is 2.16. The number of nitriles is 1. The van der Waals surface area contributed by atoms with Gasteiger partial charge in [-0.05, 0) is 19.8 Å². The standard InChI is InChI=1S/C10H13NO3/c1-2-13-10(12)9-6(5-11)7-3-4-8(9)14-7/h6-9H,2-4H2,1H3/t6-,7-,8-,9-/m0/s1. The van der Waals surface area contributed by atoms with Crippen molar-refractivity contribution in [2.75, 3.05) is 6.61 Å². The summed E-state index contributed by atoms with van der Waals surface area (Å²) < 4.78 is 10.5. The number of rotatable bonds is 2. The first-order chi connectivity index (χ1) is 6.77.